The molecule has 0 bridgehead atoms. The molecule has 1 saturated heterocycles. The molecule has 2 aromatic rings. The van der Waals surface area contributed by atoms with E-state index < -0.39 is 0 Å². The van der Waals surface area contributed by atoms with Gasteiger partial charge in [-0.15, -0.1) is 0 Å². The molecule has 0 spiro atoms. The van der Waals surface area contributed by atoms with E-state index in [1.165, 1.54) is 13.3 Å². The second-order valence-electron chi connectivity index (χ2n) is 5.82. The first-order valence-electron chi connectivity index (χ1n) is 7.77. The summed E-state index contributed by atoms with van der Waals surface area (Å²) in [5.41, 5.74) is 8.02. The third kappa shape index (κ3) is 3.15. The van der Waals surface area contributed by atoms with Crippen LogP contribution in [0.15, 0.2) is 23.5 Å². The van der Waals surface area contributed by atoms with Crippen LogP contribution in [0.2, 0.25) is 0 Å². The number of nitrogens with two attached hydrogens (primary N) is 1. The summed E-state index contributed by atoms with van der Waals surface area (Å²) in [4.78, 5) is 10.5. The Morgan fingerprint density at radius 1 is 1.50 bits per heavy atom. The lowest BCUT2D eigenvalue weighted by Crippen LogP contribution is -2.25. The Balaban J connectivity index is 1.81. The van der Waals surface area contributed by atoms with E-state index in [0.717, 1.165) is 0 Å². The molecule has 1 atom stereocenters. The molecule has 0 amide bonds. The summed E-state index contributed by atoms with van der Waals surface area (Å²) in [6, 6.07) is 3.47. The lowest BCUT2D eigenvalue weighted by atomic mass is 10.1. The average Bonchev–Trinajstić information content (AvgIpc) is 3.02. The predicted molar refractivity (Wildman–Crippen MR) is 88.0 cm³/mol. The van der Waals surface area contributed by atoms with Gasteiger partial charge in [-0.1, -0.05) is 5.16 Å². The van der Waals surface area contributed by atoms with Crippen molar-refractivity contribution < 1.29 is 14.3 Å². The van der Waals surface area contributed by atoms with Crippen LogP contribution >= 0.6 is 0 Å². The summed E-state index contributed by atoms with van der Waals surface area (Å²) in [7, 11) is 1.52. The van der Waals surface area contributed by atoms with E-state index >= 15 is 0 Å². The number of oxime groups is 1. The quantitative estimate of drug-likeness (QED) is 0.627. The fraction of sp³-hybridized carbons (Fsp3) is 0.438. The Kier molecular flexibility index (Phi) is 4.86. The number of methoxy groups -OCH3 is 1. The smallest absolute Gasteiger partial charge is 0.213 e. The fourth-order valence-corrected chi connectivity index (χ4v) is 3.03. The molecule has 0 radical (unpaired) electrons. The number of halogens is 1. The number of nitrogens with zero attached hydrogens (tertiary/aromatic N) is 4. The van der Waals surface area contributed by atoms with Crippen LogP contribution in [0.5, 0.6) is 5.88 Å². The van der Waals surface area contributed by atoms with Crippen LogP contribution in [0.4, 0.5) is 4.39 Å². The first-order valence-corrected chi connectivity index (χ1v) is 7.77. The number of ether oxygens (including phenoxy) is 1. The highest BCUT2D eigenvalue weighted by Gasteiger charge is 2.28. The van der Waals surface area contributed by atoms with E-state index in [0.29, 0.717) is 60.8 Å². The van der Waals surface area contributed by atoms with Gasteiger partial charge in [0.2, 0.25) is 5.88 Å². The van der Waals surface area contributed by atoms with Crippen molar-refractivity contribution >= 4 is 16.7 Å². The molecule has 1 fully saturated rings. The third-order valence-corrected chi connectivity index (χ3v) is 4.38. The molecule has 1 aliphatic rings. The Bertz CT molecular complexity index is 767. The SMILES string of the molecule is COc1ccc2ncc(F)c(CCN3C/C(=N\O)[C@H](CN)C3)c2n1. The van der Waals surface area contributed by atoms with Crippen molar-refractivity contribution in [2.75, 3.05) is 33.3 Å². The van der Waals surface area contributed by atoms with Crippen molar-refractivity contribution in [2.24, 2.45) is 16.8 Å². The minimum Gasteiger partial charge on any atom is -0.481 e. The van der Waals surface area contributed by atoms with Crippen LogP contribution in [0.25, 0.3) is 11.0 Å². The van der Waals surface area contributed by atoms with Gasteiger partial charge >= 0.3 is 0 Å². The molecule has 2 aromatic heterocycles. The van der Waals surface area contributed by atoms with Crippen LogP contribution in [-0.4, -0.2) is 59.1 Å². The molecule has 0 saturated carbocycles. The molecular weight excluding hydrogens is 313 g/mol. The summed E-state index contributed by atoms with van der Waals surface area (Å²) in [5.74, 6) is 0.0938. The lowest BCUT2D eigenvalue weighted by molar-refractivity contribution is 0.314. The van der Waals surface area contributed by atoms with Crippen LogP contribution in [0, 0.1) is 11.7 Å². The summed E-state index contributed by atoms with van der Waals surface area (Å²) in [5, 5.41) is 12.3. The first-order chi connectivity index (χ1) is 11.7. The van der Waals surface area contributed by atoms with Crippen molar-refractivity contribution in [3.8, 4) is 5.88 Å². The zero-order valence-electron chi connectivity index (χ0n) is 13.4. The van der Waals surface area contributed by atoms with E-state index in [1.807, 2.05) is 0 Å². The van der Waals surface area contributed by atoms with Crippen molar-refractivity contribution in [2.45, 2.75) is 6.42 Å². The van der Waals surface area contributed by atoms with Gasteiger partial charge in [-0.05, 0) is 12.5 Å². The maximum absolute atomic E-state index is 14.3. The summed E-state index contributed by atoms with van der Waals surface area (Å²) in [6.45, 7) is 2.29. The number of hydrogen-bond acceptors (Lipinski definition) is 7. The highest BCUT2D eigenvalue weighted by molar-refractivity contribution is 5.90. The van der Waals surface area contributed by atoms with Gasteiger partial charge in [-0.25, -0.2) is 9.37 Å². The molecule has 0 unspecified atom stereocenters. The van der Waals surface area contributed by atoms with Gasteiger partial charge in [0.1, 0.15) is 5.82 Å². The van der Waals surface area contributed by atoms with E-state index in [2.05, 4.69) is 20.0 Å². The molecule has 1 aliphatic heterocycles. The number of hydrogen-bond donors (Lipinski definition) is 2. The van der Waals surface area contributed by atoms with Crippen molar-refractivity contribution in [3.05, 3.63) is 29.7 Å². The highest BCUT2D eigenvalue weighted by Crippen LogP contribution is 2.22. The van der Waals surface area contributed by atoms with Gasteiger partial charge in [0.15, 0.2) is 0 Å². The molecule has 3 N–H and O–H groups in total. The number of fused-ring (bicyclic) bond motifs is 1. The van der Waals surface area contributed by atoms with E-state index in [4.69, 9.17) is 15.7 Å². The normalized spacial score (nSPS) is 20.1. The number of likely N-dealkylation sites (tertiary alicyclic amines) is 1. The van der Waals surface area contributed by atoms with Gasteiger partial charge in [0.25, 0.3) is 0 Å². The minimum atomic E-state index is -0.381. The predicted octanol–water partition coefficient (Wildman–Crippen LogP) is 1.04. The Hall–Kier alpha value is -2.32. The molecule has 8 heteroatoms. The van der Waals surface area contributed by atoms with E-state index in [-0.39, 0.29) is 11.7 Å². The Morgan fingerprint density at radius 2 is 2.33 bits per heavy atom. The van der Waals surface area contributed by atoms with Gasteiger partial charge in [0.05, 0.1) is 30.1 Å². The third-order valence-electron chi connectivity index (χ3n) is 4.38. The average molecular weight is 333 g/mol. The molecule has 0 aromatic carbocycles. The largest absolute Gasteiger partial charge is 0.481 e. The Labute approximate surface area is 138 Å². The molecule has 3 rings (SSSR count). The monoisotopic (exact) mass is 333 g/mol. The van der Waals surface area contributed by atoms with Gasteiger partial charge in [0, 0.05) is 43.7 Å². The number of pyridine rings is 2. The summed E-state index contributed by atoms with van der Waals surface area (Å²) < 4.78 is 19.4. The molecular formula is C16H20FN5O2. The van der Waals surface area contributed by atoms with Crippen LogP contribution in [0.3, 0.4) is 0 Å². The summed E-state index contributed by atoms with van der Waals surface area (Å²) >= 11 is 0. The lowest BCUT2D eigenvalue weighted by Gasteiger charge is -2.15. The topological polar surface area (TPSA) is 96.9 Å². The molecule has 24 heavy (non-hydrogen) atoms. The van der Waals surface area contributed by atoms with Crippen molar-refractivity contribution in [1.82, 2.24) is 14.9 Å². The van der Waals surface area contributed by atoms with Crippen molar-refractivity contribution in [1.29, 1.82) is 0 Å². The van der Waals surface area contributed by atoms with Gasteiger partial charge in [-0.3, -0.25) is 9.88 Å². The summed E-state index contributed by atoms with van der Waals surface area (Å²) in [6.07, 6.45) is 1.69. The van der Waals surface area contributed by atoms with Crippen LogP contribution < -0.4 is 10.5 Å². The van der Waals surface area contributed by atoms with E-state index in [1.54, 1.807) is 12.1 Å². The molecule has 0 aliphatic carbocycles. The van der Waals surface area contributed by atoms with Gasteiger partial charge < -0.3 is 15.7 Å². The maximum atomic E-state index is 14.3. The first kappa shape index (κ1) is 16.5. The molecule has 128 valence electrons. The zero-order valence-corrected chi connectivity index (χ0v) is 13.4. The second-order valence-corrected chi connectivity index (χ2v) is 5.82. The minimum absolute atomic E-state index is 0.0484. The van der Waals surface area contributed by atoms with Crippen LogP contribution in [0.1, 0.15) is 5.56 Å². The van der Waals surface area contributed by atoms with Gasteiger partial charge in [-0.2, -0.15) is 0 Å². The Morgan fingerprint density at radius 3 is 3.00 bits per heavy atom. The van der Waals surface area contributed by atoms with E-state index in [9.17, 15) is 4.39 Å². The maximum Gasteiger partial charge on any atom is 0.213 e. The second kappa shape index (κ2) is 7.06. The fourth-order valence-electron chi connectivity index (χ4n) is 3.03. The standard InChI is InChI=1S/C16H20FN5O2/c1-24-15-3-2-13-16(20-15)11(12(17)7-19-13)4-5-22-8-10(6-18)14(9-22)21-23/h2-3,7,10,23H,4-6,8-9,18H2,1H3/b21-14+/t10-/m1/s1. The number of rotatable bonds is 5. The highest BCUT2D eigenvalue weighted by atomic mass is 19.1. The molecule has 3 heterocycles. The zero-order chi connectivity index (χ0) is 17.1. The van der Waals surface area contributed by atoms with Crippen LogP contribution in [-0.2, 0) is 6.42 Å². The number of aromatic nitrogens is 2. The molecule has 7 nitrogen and oxygen atoms in total. The van der Waals surface area contributed by atoms with Crippen molar-refractivity contribution in [3.63, 3.8) is 0 Å².